The predicted molar refractivity (Wildman–Crippen MR) is 79.0 cm³/mol. The van der Waals surface area contributed by atoms with E-state index in [4.69, 9.17) is 12.2 Å². The molecule has 86 valence electrons. The molecule has 0 unspecified atom stereocenters. The molecule has 2 rings (SSSR count). The Morgan fingerprint density at radius 3 is 2.59 bits per heavy atom. The van der Waals surface area contributed by atoms with Crippen LogP contribution in [-0.4, -0.2) is 16.2 Å². The lowest BCUT2D eigenvalue weighted by Gasteiger charge is -2.03. The van der Waals surface area contributed by atoms with E-state index in [1.165, 1.54) is 11.8 Å². The Bertz CT molecular complexity index is 575. The van der Waals surface area contributed by atoms with Gasteiger partial charge in [-0.3, -0.25) is 4.79 Å². The molecule has 0 N–H and O–H groups in total. The van der Waals surface area contributed by atoms with Gasteiger partial charge in [0.05, 0.1) is 10.6 Å². The van der Waals surface area contributed by atoms with Crippen LogP contribution in [0.15, 0.2) is 42.5 Å². The summed E-state index contributed by atoms with van der Waals surface area (Å²) >= 11 is 6.53. The van der Waals surface area contributed by atoms with Gasteiger partial charge in [-0.15, -0.1) is 11.8 Å². The van der Waals surface area contributed by atoms with Gasteiger partial charge >= 0.3 is 0 Å². The highest BCUT2D eigenvalue weighted by molar-refractivity contribution is 8.22. The second kappa shape index (κ2) is 5.43. The molecule has 0 atom stereocenters. The second-order valence-electron chi connectivity index (χ2n) is 3.74. The van der Waals surface area contributed by atoms with Crippen LogP contribution in [0.1, 0.15) is 16.8 Å². The highest BCUT2D eigenvalue weighted by Crippen LogP contribution is 2.17. The van der Waals surface area contributed by atoms with Crippen molar-refractivity contribution in [1.82, 2.24) is 0 Å². The smallest absolute Gasteiger partial charge is 0.168 e. The molecule has 0 aliphatic rings. The first kappa shape index (κ1) is 12.3. The van der Waals surface area contributed by atoms with Crippen molar-refractivity contribution in [2.45, 2.75) is 6.42 Å². The third-order valence-electron chi connectivity index (χ3n) is 2.60. The normalized spacial score (nSPS) is 10.4. The summed E-state index contributed by atoms with van der Waals surface area (Å²) in [6.45, 7) is 0. The number of Topliss-reactive ketones (excluding diaryl/α,β-unsaturated/α-hetero) is 1. The number of hydrogen-bond acceptors (Lipinski definition) is 3. The third-order valence-corrected chi connectivity index (χ3v) is 3.85. The van der Waals surface area contributed by atoms with Gasteiger partial charge in [-0.05, 0) is 23.1 Å². The zero-order valence-corrected chi connectivity index (χ0v) is 11.1. The van der Waals surface area contributed by atoms with Crippen molar-refractivity contribution in [2.24, 2.45) is 0 Å². The topological polar surface area (TPSA) is 17.1 Å². The molecular weight excluding hydrogens is 248 g/mol. The maximum atomic E-state index is 12.0. The molecule has 0 saturated carbocycles. The average molecular weight is 260 g/mol. The van der Waals surface area contributed by atoms with E-state index in [-0.39, 0.29) is 5.78 Å². The minimum atomic E-state index is 0.0927. The van der Waals surface area contributed by atoms with Gasteiger partial charge in [0.15, 0.2) is 5.78 Å². The van der Waals surface area contributed by atoms with Gasteiger partial charge in [-0.25, -0.2) is 0 Å². The monoisotopic (exact) mass is 260 g/mol. The highest BCUT2D eigenvalue weighted by Gasteiger charge is 2.08. The SMILES string of the molecule is CSC(=S)CC(=O)c1ccc2ccccc2c1. The molecule has 0 bridgehead atoms. The number of thioether (sulfide) groups is 1. The van der Waals surface area contributed by atoms with Crippen molar-refractivity contribution in [1.29, 1.82) is 0 Å². The Balaban J connectivity index is 2.30. The van der Waals surface area contributed by atoms with Gasteiger partial charge < -0.3 is 0 Å². The molecular formula is C14H12OS2. The molecule has 17 heavy (non-hydrogen) atoms. The zero-order valence-electron chi connectivity index (χ0n) is 9.47. The molecule has 0 aliphatic carbocycles. The van der Waals surface area contributed by atoms with Gasteiger partial charge in [0.1, 0.15) is 0 Å². The summed E-state index contributed by atoms with van der Waals surface area (Å²) in [6, 6.07) is 13.8. The first-order valence-electron chi connectivity index (χ1n) is 5.29. The maximum absolute atomic E-state index is 12.0. The summed E-state index contributed by atoms with van der Waals surface area (Å²) in [6.07, 6.45) is 2.24. The van der Waals surface area contributed by atoms with Crippen molar-refractivity contribution in [3.63, 3.8) is 0 Å². The summed E-state index contributed by atoms with van der Waals surface area (Å²) in [7, 11) is 0. The average Bonchev–Trinajstić information content (AvgIpc) is 2.38. The van der Waals surface area contributed by atoms with Crippen LogP contribution >= 0.6 is 24.0 Å². The summed E-state index contributed by atoms with van der Waals surface area (Å²) in [5.41, 5.74) is 0.736. The summed E-state index contributed by atoms with van der Waals surface area (Å²) < 4.78 is 0.739. The highest BCUT2D eigenvalue weighted by atomic mass is 32.2. The molecule has 0 heterocycles. The number of carbonyl (C=O) groups is 1. The minimum Gasteiger partial charge on any atom is -0.294 e. The number of benzene rings is 2. The van der Waals surface area contributed by atoms with Crippen LogP contribution in [0.3, 0.4) is 0 Å². The first-order valence-corrected chi connectivity index (χ1v) is 6.93. The molecule has 2 aromatic carbocycles. The summed E-state index contributed by atoms with van der Waals surface area (Å²) in [5.74, 6) is 0.0927. The summed E-state index contributed by atoms with van der Waals surface area (Å²) in [5, 5.41) is 2.24. The zero-order chi connectivity index (χ0) is 12.3. The van der Waals surface area contributed by atoms with Crippen molar-refractivity contribution in [3.8, 4) is 0 Å². The minimum absolute atomic E-state index is 0.0927. The fraction of sp³-hybridized carbons (Fsp3) is 0.143. The Labute approximate surface area is 110 Å². The molecule has 0 spiro atoms. The quantitative estimate of drug-likeness (QED) is 0.611. The molecule has 0 radical (unpaired) electrons. The van der Waals surface area contributed by atoms with Crippen LogP contribution in [0.2, 0.25) is 0 Å². The van der Waals surface area contributed by atoms with Crippen molar-refractivity contribution in [2.75, 3.05) is 6.26 Å². The van der Waals surface area contributed by atoms with Crippen LogP contribution in [-0.2, 0) is 0 Å². The molecule has 1 nitrogen and oxygen atoms in total. The molecule has 2 aromatic rings. The Hall–Kier alpha value is -1.19. The third kappa shape index (κ3) is 2.93. The number of ketones is 1. The van der Waals surface area contributed by atoms with Crippen molar-refractivity contribution >= 4 is 44.7 Å². The first-order chi connectivity index (χ1) is 8.20. The van der Waals surface area contributed by atoms with Gasteiger partial charge in [0.25, 0.3) is 0 Å². The van der Waals surface area contributed by atoms with E-state index in [0.29, 0.717) is 6.42 Å². The van der Waals surface area contributed by atoms with E-state index in [2.05, 4.69) is 0 Å². The summed E-state index contributed by atoms with van der Waals surface area (Å²) in [4.78, 5) is 12.0. The largest absolute Gasteiger partial charge is 0.294 e. The van der Waals surface area contributed by atoms with E-state index >= 15 is 0 Å². The van der Waals surface area contributed by atoms with E-state index in [9.17, 15) is 4.79 Å². The van der Waals surface area contributed by atoms with Gasteiger partial charge in [-0.2, -0.15) is 0 Å². The van der Waals surface area contributed by atoms with E-state index in [0.717, 1.165) is 20.5 Å². The van der Waals surface area contributed by atoms with Crippen molar-refractivity contribution < 1.29 is 4.79 Å². The van der Waals surface area contributed by atoms with Gasteiger partial charge in [0, 0.05) is 5.56 Å². The van der Waals surface area contributed by atoms with Crippen molar-refractivity contribution in [3.05, 3.63) is 48.0 Å². The fourth-order valence-electron chi connectivity index (χ4n) is 1.67. The lowest BCUT2D eigenvalue weighted by molar-refractivity contribution is 0.100. The number of hydrogen-bond donors (Lipinski definition) is 0. The molecule has 0 aromatic heterocycles. The van der Waals surface area contributed by atoms with Crippen LogP contribution < -0.4 is 0 Å². The lowest BCUT2D eigenvalue weighted by Crippen LogP contribution is -2.03. The predicted octanol–water partition coefficient (Wildman–Crippen LogP) is 4.10. The Morgan fingerprint density at radius 2 is 1.88 bits per heavy atom. The molecule has 0 amide bonds. The van der Waals surface area contributed by atoms with E-state index in [1.54, 1.807) is 0 Å². The van der Waals surface area contributed by atoms with Gasteiger partial charge in [0.2, 0.25) is 0 Å². The second-order valence-corrected chi connectivity index (χ2v) is 5.39. The molecule has 0 saturated heterocycles. The van der Waals surface area contributed by atoms with Gasteiger partial charge in [-0.1, -0.05) is 48.6 Å². The Kier molecular flexibility index (Phi) is 3.92. The molecule has 3 heteroatoms. The van der Waals surface area contributed by atoms with Crippen LogP contribution in [0, 0.1) is 0 Å². The number of rotatable bonds is 3. The molecule has 0 fully saturated rings. The maximum Gasteiger partial charge on any atom is 0.168 e. The number of fused-ring (bicyclic) bond motifs is 1. The standard InChI is InChI=1S/C14H12OS2/c1-17-14(16)9-13(15)12-7-6-10-4-2-3-5-11(10)8-12/h2-8H,9H2,1H3. The van der Waals surface area contributed by atoms with Crippen LogP contribution in [0.5, 0.6) is 0 Å². The van der Waals surface area contributed by atoms with Crippen LogP contribution in [0.4, 0.5) is 0 Å². The van der Waals surface area contributed by atoms with Crippen LogP contribution in [0.25, 0.3) is 10.8 Å². The fourth-order valence-corrected chi connectivity index (χ4v) is 2.07. The number of carbonyl (C=O) groups excluding carboxylic acids is 1. The molecule has 0 aliphatic heterocycles. The number of thiocarbonyl (C=S) groups is 1. The van der Waals surface area contributed by atoms with E-state index < -0.39 is 0 Å². The van der Waals surface area contributed by atoms with E-state index in [1.807, 2.05) is 48.7 Å². The lowest BCUT2D eigenvalue weighted by atomic mass is 10.0. The Morgan fingerprint density at radius 1 is 1.18 bits per heavy atom.